The molecule has 0 saturated carbocycles. The van der Waals surface area contributed by atoms with E-state index in [1.54, 1.807) is 43.0 Å². The second kappa shape index (κ2) is 11.1. The Hall–Kier alpha value is -3.22. The van der Waals surface area contributed by atoms with Gasteiger partial charge in [0.15, 0.2) is 5.13 Å². The molecule has 2 fully saturated rings. The highest BCUT2D eigenvalue weighted by Gasteiger charge is 2.44. The van der Waals surface area contributed by atoms with E-state index in [2.05, 4.69) is 4.98 Å². The molecular weight excluding hydrogens is 566 g/mol. The topological polar surface area (TPSA) is 118 Å². The predicted molar refractivity (Wildman–Crippen MR) is 147 cm³/mol. The summed E-state index contributed by atoms with van der Waals surface area (Å²) < 4.78 is 45.8. The van der Waals surface area contributed by atoms with Gasteiger partial charge in [0.2, 0.25) is 0 Å². The van der Waals surface area contributed by atoms with Crippen molar-refractivity contribution in [3.63, 3.8) is 0 Å². The van der Waals surface area contributed by atoms with Crippen LogP contribution < -0.4 is 18.5 Å². The fraction of sp³-hybridized carbons (Fsp3) is 0.385. The highest BCUT2D eigenvalue weighted by molar-refractivity contribution is 7.93. The first-order valence-corrected chi connectivity index (χ1v) is 15.0. The van der Waals surface area contributed by atoms with Gasteiger partial charge >= 0.3 is 6.09 Å². The maximum absolute atomic E-state index is 13.9. The van der Waals surface area contributed by atoms with E-state index >= 15 is 0 Å². The number of fused-ring (bicyclic) bond motifs is 2. The molecule has 2 saturated heterocycles. The molecule has 0 aliphatic carbocycles. The lowest BCUT2D eigenvalue weighted by Gasteiger charge is -2.37. The van der Waals surface area contributed by atoms with Crippen LogP contribution in [0.3, 0.4) is 0 Å². The Bertz CT molecular complexity index is 1440. The van der Waals surface area contributed by atoms with E-state index in [4.69, 9.17) is 25.8 Å². The molecule has 1 aromatic heterocycles. The third kappa shape index (κ3) is 5.45. The first-order valence-electron chi connectivity index (χ1n) is 12.3. The second-order valence-electron chi connectivity index (χ2n) is 9.38. The minimum absolute atomic E-state index is 0.0108. The lowest BCUT2D eigenvalue weighted by atomic mass is 10.0. The van der Waals surface area contributed by atoms with Crippen molar-refractivity contribution in [1.29, 1.82) is 0 Å². The number of nitrogens with zero attached hydrogens (tertiary/aromatic N) is 3. The number of ether oxygens (including phenoxy) is 3. The summed E-state index contributed by atoms with van der Waals surface area (Å²) in [4.78, 5) is 17.3. The molecule has 3 atom stereocenters. The Kier molecular flexibility index (Phi) is 7.79. The van der Waals surface area contributed by atoms with Crippen LogP contribution in [0.15, 0.2) is 52.9 Å². The predicted octanol–water partition coefficient (Wildman–Crippen LogP) is 5.26. The van der Waals surface area contributed by atoms with Gasteiger partial charge in [0.1, 0.15) is 23.4 Å². The Labute approximate surface area is 235 Å². The molecule has 0 unspecified atom stereocenters. The molecule has 10 nitrogen and oxygen atoms in total. The van der Waals surface area contributed by atoms with Crippen molar-refractivity contribution in [2.45, 2.75) is 55.3 Å². The van der Waals surface area contributed by atoms with Crippen LogP contribution in [0, 0.1) is 0 Å². The van der Waals surface area contributed by atoms with Crippen molar-refractivity contribution >= 4 is 44.2 Å². The van der Waals surface area contributed by atoms with Gasteiger partial charge in [-0.05, 0) is 43.2 Å². The summed E-state index contributed by atoms with van der Waals surface area (Å²) in [5, 5.41) is 11.7. The Morgan fingerprint density at radius 1 is 1.13 bits per heavy atom. The van der Waals surface area contributed by atoms with Gasteiger partial charge in [-0.3, -0.25) is 0 Å². The molecule has 3 heterocycles. The van der Waals surface area contributed by atoms with Crippen LogP contribution in [0.4, 0.5) is 9.93 Å². The number of carbonyl (C=O) groups is 1. The van der Waals surface area contributed by atoms with Crippen LogP contribution >= 0.6 is 22.9 Å². The normalized spacial score (nSPS) is 20.5. The maximum atomic E-state index is 13.9. The number of sulfonamides is 1. The first-order chi connectivity index (χ1) is 18.7. The third-order valence-electron chi connectivity index (χ3n) is 7.14. The highest BCUT2D eigenvalue weighted by atomic mass is 35.5. The molecule has 2 aliphatic rings. The number of methoxy groups -OCH3 is 2. The quantitative estimate of drug-likeness (QED) is 0.357. The largest absolute Gasteiger partial charge is 0.497 e. The molecule has 13 heteroatoms. The van der Waals surface area contributed by atoms with Crippen LogP contribution in [0.1, 0.15) is 31.2 Å². The monoisotopic (exact) mass is 593 g/mol. The van der Waals surface area contributed by atoms with Gasteiger partial charge in [0.05, 0.1) is 30.7 Å². The molecule has 0 spiro atoms. The average molecular weight is 594 g/mol. The number of halogens is 1. The van der Waals surface area contributed by atoms with Crippen LogP contribution in [-0.2, 0) is 16.6 Å². The number of aromatic nitrogens is 1. The van der Waals surface area contributed by atoms with Crippen molar-refractivity contribution in [3.05, 3.63) is 58.6 Å². The van der Waals surface area contributed by atoms with E-state index in [1.807, 2.05) is 0 Å². The van der Waals surface area contributed by atoms with Crippen molar-refractivity contribution in [2.24, 2.45) is 0 Å². The summed E-state index contributed by atoms with van der Waals surface area (Å²) in [5.74, 6) is 1.43. The van der Waals surface area contributed by atoms with Gasteiger partial charge < -0.3 is 24.2 Å². The average Bonchev–Trinajstić information content (AvgIpc) is 3.54. The molecule has 39 heavy (non-hydrogen) atoms. The maximum Gasteiger partial charge on any atom is 0.407 e. The van der Waals surface area contributed by atoms with Crippen molar-refractivity contribution in [2.75, 3.05) is 18.5 Å². The zero-order valence-corrected chi connectivity index (χ0v) is 23.7. The fourth-order valence-electron chi connectivity index (χ4n) is 5.31. The summed E-state index contributed by atoms with van der Waals surface area (Å²) in [6.07, 6.45) is 3.21. The number of carboxylic acid groups (broad SMARTS) is 1. The Balaban J connectivity index is 1.39. The molecule has 2 aromatic carbocycles. The van der Waals surface area contributed by atoms with Crippen LogP contribution in [0.5, 0.6) is 17.2 Å². The third-order valence-corrected chi connectivity index (χ3v) is 10.1. The molecule has 1 amide bonds. The molecule has 1 N–H and O–H groups in total. The van der Waals surface area contributed by atoms with Crippen LogP contribution in [0.25, 0.3) is 0 Å². The van der Waals surface area contributed by atoms with Gasteiger partial charge in [0, 0.05) is 48.1 Å². The van der Waals surface area contributed by atoms with E-state index in [0.29, 0.717) is 40.8 Å². The van der Waals surface area contributed by atoms with Gasteiger partial charge in [-0.25, -0.2) is 22.5 Å². The summed E-state index contributed by atoms with van der Waals surface area (Å²) in [6.45, 7) is -0.0240. The standard InChI is InChI=1S/C26H28ClN3O7S2/c1-35-19-6-3-16(24(13-19)36-2)15-29(25-28-9-10-38-25)39(33,34)21-7-8-23(22(27)14-21)37-20-11-17-4-5-18(12-20)30(17)26(31)32/h3,6-10,13-14,17-18,20H,4-5,11-12,15H2,1-2H3,(H,31,32)/t17-,18+,20-. The molecular formula is C26H28ClN3O7S2. The number of thiazole rings is 1. The Morgan fingerprint density at radius 2 is 1.87 bits per heavy atom. The molecule has 5 rings (SSSR count). The SMILES string of the molecule is COc1ccc(CN(c2nccs2)S(=O)(=O)c2ccc(O[C@@H]3C[C@H]4CC[C@@H](C3)N4C(=O)O)c(Cl)c2)c(OC)c1. The summed E-state index contributed by atoms with van der Waals surface area (Å²) in [5.41, 5.74) is 0.630. The molecule has 208 valence electrons. The van der Waals surface area contributed by atoms with E-state index in [1.165, 1.54) is 39.8 Å². The number of benzene rings is 2. The van der Waals surface area contributed by atoms with Gasteiger partial charge in [-0.15, -0.1) is 11.3 Å². The summed E-state index contributed by atoms with van der Waals surface area (Å²) in [6, 6.07) is 9.41. The zero-order valence-electron chi connectivity index (χ0n) is 21.3. The minimum Gasteiger partial charge on any atom is -0.497 e. The number of hydrogen-bond donors (Lipinski definition) is 1. The van der Waals surface area contributed by atoms with Crippen molar-refractivity contribution in [3.8, 4) is 17.2 Å². The summed E-state index contributed by atoms with van der Waals surface area (Å²) >= 11 is 7.73. The van der Waals surface area contributed by atoms with Gasteiger partial charge in [0.25, 0.3) is 10.0 Å². The number of anilines is 1. The van der Waals surface area contributed by atoms with Gasteiger partial charge in [-0.1, -0.05) is 11.6 Å². The molecule has 3 aromatic rings. The summed E-state index contributed by atoms with van der Waals surface area (Å²) in [7, 11) is -1.02. The highest BCUT2D eigenvalue weighted by Crippen LogP contribution is 2.39. The minimum atomic E-state index is -4.08. The van der Waals surface area contributed by atoms with Crippen LogP contribution in [0.2, 0.25) is 5.02 Å². The van der Waals surface area contributed by atoms with E-state index in [-0.39, 0.29) is 34.7 Å². The number of hydrogen-bond acceptors (Lipinski definition) is 8. The number of rotatable bonds is 9. The van der Waals surface area contributed by atoms with Crippen molar-refractivity contribution < 1.29 is 32.5 Å². The fourth-order valence-corrected chi connectivity index (χ4v) is 7.90. The molecule has 0 radical (unpaired) electrons. The zero-order chi connectivity index (χ0) is 27.7. The lowest BCUT2D eigenvalue weighted by Crippen LogP contribution is -2.48. The molecule has 2 aliphatic heterocycles. The second-order valence-corrected chi connectivity index (χ2v) is 12.5. The van der Waals surface area contributed by atoms with E-state index in [0.717, 1.165) is 12.8 Å². The number of piperidine rings is 1. The van der Waals surface area contributed by atoms with E-state index < -0.39 is 16.1 Å². The first kappa shape index (κ1) is 27.4. The Morgan fingerprint density at radius 3 is 2.46 bits per heavy atom. The van der Waals surface area contributed by atoms with Crippen LogP contribution in [-0.4, -0.2) is 61.9 Å². The van der Waals surface area contributed by atoms with E-state index in [9.17, 15) is 18.3 Å². The van der Waals surface area contributed by atoms with Gasteiger partial charge in [-0.2, -0.15) is 0 Å². The molecule has 2 bridgehead atoms. The smallest absolute Gasteiger partial charge is 0.407 e. The number of amides is 1. The lowest BCUT2D eigenvalue weighted by molar-refractivity contribution is 0.0496. The van der Waals surface area contributed by atoms with Crippen molar-refractivity contribution in [1.82, 2.24) is 9.88 Å².